The van der Waals surface area contributed by atoms with Crippen LogP contribution in [0.1, 0.15) is 0 Å². The topological polar surface area (TPSA) is 0 Å². The molecule has 4 heteroatoms. The first kappa shape index (κ1) is 13.1. The third-order valence-corrected chi connectivity index (χ3v) is 2.23. The molecule has 0 atom stereocenters. The fourth-order valence-electron chi connectivity index (χ4n) is 0.913. The van der Waals surface area contributed by atoms with Crippen LogP contribution < -0.4 is 0 Å². The Morgan fingerprint density at radius 3 is 1.31 bits per heavy atom. The summed E-state index contributed by atoms with van der Waals surface area (Å²) in [5, 5.41) is 0. The van der Waals surface area contributed by atoms with Gasteiger partial charge >= 0.3 is 0 Å². The van der Waals surface area contributed by atoms with Crippen molar-refractivity contribution in [3.05, 3.63) is 60.2 Å². The summed E-state index contributed by atoms with van der Waals surface area (Å²) in [4.78, 5) is 1.95. The zero-order valence-electron chi connectivity index (χ0n) is 8.27. The number of halogens is 2. The molecule has 0 heterocycles. The molecule has 0 bridgehead atoms. The molecule has 16 heavy (non-hydrogen) atoms. The van der Waals surface area contributed by atoms with Gasteiger partial charge in [0.15, 0.2) is 0 Å². The van der Waals surface area contributed by atoms with E-state index in [9.17, 15) is 8.78 Å². The van der Waals surface area contributed by atoms with Gasteiger partial charge in [0.1, 0.15) is 11.6 Å². The Bertz CT molecular complexity index is 403. The van der Waals surface area contributed by atoms with Gasteiger partial charge in [-0.15, -0.1) is 25.3 Å². The molecule has 0 aliphatic heterocycles. The quantitative estimate of drug-likeness (QED) is 0.648. The fraction of sp³-hybridized carbons (Fsp3) is 0. The lowest BCUT2D eigenvalue weighted by molar-refractivity contribution is 0.583. The normalized spacial score (nSPS) is 9.25. The standard InChI is InChI=1S/C6H4F2.C6H6S2/c7-5-2-1-3-6(8)4-5;7-5-1-2-6(8)4-3-5/h1-4H;1-4,7-8H. The first-order valence-electron chi connectivity index (χ1n) is 4.47. The molecular weight excluding hydrogens is 246 g/mol. The van der Waals surface area contributed by atoms with Crippen LogP contribution in [0.25, 0.3) is 0 Å². The van der Waals surface area contributed by atoms with Gasteiger partial charge in [0.25, 0.3) is 0 Å². The lowest BCUT2D eigenvalue weighted by Crippen LogP contribution is -1.73. The smallest absolute Gasteiger partial charge is 0.126 e. The largest absolute Gasteiger partial charge is 0.207 e. The van der Waals surface area contributed by atoms with Gasteiger partial charge in [-0.2, -0.15) is 0 Å². The van der Waals surface area contributed by atoms with Crippen molar-refractivity contribution in [1.29, 1.82) is 0 Å². The number of benzene rings is 2. The van der Waals surface area contributed by atoms with Crippen LogP contribution in [0.15, 0.2) is 58.3 Å². The molecule has 84 valence electrons. The molecular formula is C12H10F2S2. The maximum absolute atomic E-state index is 11.9. The van der Waals surface area contributed by atoms with E-state index in [4.69, 9.17) is 0 Å². The molecule has 0 aromatic heterocycles. The average Bonchev–Trinajstić information content (AvgIpc) is 2.23. The van der Waals surface area contributed by atoms with E-state index in [1.165, 1.54) is 18.2 Å². The molecule has 0 radical (unpaired) electrons. The summed E-state index contributed by atoms with van der Waals surface area (Å²) in [7, 11) is 0. The van der Waals surface area contributed by atoms with Gasteiger partial charge in [-0.25, -0.2) is 8.78 Å². The lowest BCUT2D eigenvalue weighted by Gasteiger charge is -1.88. The molecule has 0 amide bonds. The summed E-state index contributed by atoms with van der Waals surface area (Å²) in [5.74, 6) is -1.07. The van der Waals surface area contributed by atoms with Crippen molar-refractivity contribution in [2.24, 2.45) is 0 Å². The fourth-order valence-corrected chi connectivity index (χ4v) is 1.21. The molecule has 2 aromatic carbocycles. The molecule has 0 fully saturated rings. The molecule has 0 saturated carbocycles. The second kappa shape index (κ2) is 6.55. The van der Waals surface area contributed by atoms with Crippen molar-refractivity contribution >= 4 is 25.3 Å². The van der Waals surface area contributed by atoms with Gasteiger partial charge < -0.3 is 0 Å². The zero-order chi connectivity index (χ0) is 12.0. The van der Waals surface area contributed by atoms with Crippen LogP contribution in [0.4, 0.5) is 8.78 Å². The number of hydrogen-bond donors (Lipinski definition) is 2. The minimum absolute atomic E-state index is 0.537. The van der Waals surface area contributed by atoms with Gasteiger partial charge in [-0.05, 0) is 36.4 Å². The minimum atomic E-state index is -0.537. The highest BCUT2D eigenvalue weighted by atomic mass is 32.1. The summed E-state index contributed by atoms with van der Waals surface area (Å²) in [5.41, 5.74) is 0. The molecule has 0 N–H and O–H groups in total. The predicted molar refractivity (Wildman–Crippen MR) is 67.3 cm³/mol. The van der Waals surface area contributed by atoms with E-state index in [0.29, 0.717) is 0 Å². The summed E-state index contributed by atoms with van der Waals surface area (Å²) >= 11 is 8.20. The third kappa shape index (κ3) is 5.19. The van der Waals surface area contributed by atoms with E-state index in [-0.39, 0.29) is 0 Å². The predicted octanol–water partition coefficient (Wildman–Crippen LogP) is 4.23. The summed E-state index contributed by atoms with van der Waals surface area (Å²) in [6, 6.07) is 12.2. The van der Waals surface area contributed by atoms with Crippen molar-refractivity contribution in [3.63, 3.8) is 0 Å². The van der Waals surface area contributed by atoms with Gasteiger partial charge in [-0.1, -0.05) is 6.07 Å². The Kier molecular flexibility index (Phi) is 5.35. The average molecular weight is 256 g/mol. The summed E-state index contributed by atoms with van der Waals surface area (Å²) in [6.45, 7) is 0. The molecule has 0 unspecified atom stereocenters. The van der Waals surface area contributed by atoms with Crippen molar-refractivity contribution in [1.82, 2.24) is 0 Å². The van der Waals surface area contributed by atoms with E-state index in [0.717, 1.165) is 15.9 Å². The maximum Gasteiger partial charge on any atom is 0.126 e. The van der Waals surface area contributed by atoms with Crippen LogP contribution in [-0.2, 0) is 0 Å². The third-order valence-electron chi connectivity index (χ3n) is 1.64. The van der Waals surface area contributed by atoms with Crippen LogP contribution in [0.2, 0.25) is 0 Å². The van der Waals surface area contributed by atoms with Crippen molar-refractivity contribution in [2.45, 2.75) is 9.79 Å². The van der Waals surface area contributed by atoms with Gasteiger partial charge in [0, 0.05) is 15.9 Å². The van der Waals surface area contributed by atoms with E-state index in [1.54, 1.807) is 0 Å². The second-order valence-corrected chi connectivity index (χ2v) is 3.99. The Labute approximate surface area is 104 Å². The van der Waals surface area contributed by atoms with Gasteiger partial charge in [0.2, 0.25) is 0 Å². The highest BCUT2D eigenvalue weighted by Crippen LogP contribution is 2.09. The van der Waals surface area contributed by atoms with Crippen molar-refractivity contribution in [2.75, 3.05) is 0 Å². The van der Waals surface area contributed by atoms with Gasteiger partial charge in [0.05, 0.1) is 0 Å². The summed E-state index contributed by atoms with van der Waals surface area (Å²) < 4.78 is 23.9. The molecule has 0 nitrogen and oxygen atoms in total. The van der Waals surface area contributed by atoms with Crippen molar-refractivity contribution in [3.8, 4) is 0 Å². The van der Waals surface area contributed by atoms with E-state index >= 15 is 0 Å². The molecule has 0 saturated heterocycles. The Morgan fingerprint density at radius 1 is 0.688 bits per heavy atom. The Morgan fingerprint density at radius 2 is 1.06 bits per heavy atom. The number of thiol groups is 2. The lowest BCUT2D eigenvalue weighted by atomic mass is 10.3. The van der Waals surface area contributed by atoms with Crippen LogP contribution >= 0.6 is 25.3 Å². The maximum atomic E-state index is 11.9. The van der Waals surface area contributed by atoms with E-state index in [1.807, 2.05) is 24.3 Å². The Hall–Kier alpha value is -1.00. The molecule has 2 rings (SSSR count). The SMILES string of the molecule is Fc1cccc(F)c1.Sc1ccc(S)cc1. The number of rotatable bonds is 0. The van der Waals surface area contributed by atoms with E-state index < -0.39 is 11.6 Å². The molecule has 0 spiro atoms. The first-order chi connectivity index (χ1) is 7.58. The summed E-state index contributed by atoms with van der Waals surface area (Å²) in [6.07, 6.45) is 0. The zero-order valence-corrected chi connectivity index (χ0v) is 10.1. The monoisotopic (exact) mass is 256 g/mol. The van der Waals surface area contributed by atoms with Crippen molar-refractivity contribution < 1.29 is 8.78 Å². The van der Waals surface area contributed by atoms with Crippen LogP contribution in [0, 0.1) is 11.6 Å². The van der Waals surface area contributed by atoms with Gasteiger partial charge in [-0.3, -0.25) is 0 Å². The Balaban J connectivity index is 0.000000160. The highest BCUT2D eigenvalue weighted by Gasteiger charge is 1.88. The number of hydrogen-bond acceptors (Lipinski definition) is 2. The first-order valence-corrected chi connectivity index (χ1v) is 5.36. The van der Waals surface area contributed by atoms with E-state index in [2.05, 4.69) is 25.3 Å². The highest BCUT2D eigenvalue weighted by molar-refractivity contribution is 7.80. The molecule has 2 aromatic rings. The van der Waals surface area contributed by atoms with Crippen LogP contribution in [0.5, 0.6) is 0 Å². The second-order valence-electron chi connectivity index (χ2n) is 2.96. The van der Waals surface area contributed by atoms with Crippen LogP contribution in [-0.4, -0.2) is 0 Å². The molecule has 0 aliphatic carbocycles. The van der Waals surface area contributed by atoms with Crippen LogP contribution in [0.3, 0.4) is 0 Å². The minimum Gasteiger partial charge on any atom is -0.207 e. The molecule has 0 aliphatic rings.